The van der Waals surface area contributed by atoms with Crippen molar-refractivity contribution in [2.75, 3.05) is 5.43 Å². The predicted molar refractivity (Wildman–Crippen MR) is 83.8 cm³/mol. The fourth-order valence-corrected chi connectivity index (χ4v) is 2.05. The molecule has 2 N–H and O–H groups in total. The number of hydrogen-bond acceptors (Lipinski definition) is 3. The first-order valence-corrected chi connectivity index (χ1v) is 6.66. The normalized spacial score (nSPS) is 11.3. The minimum Gasteiger partial charge on any atom is -0.323 e. The lowest BCUT2D eigenvalue weighted by Crippen LogP contribution is -1.92. The summed E-state index contributed by atoms with van der Waals surface area (Å²) in [5.74, 6) is 0.562. The van der Waals surface area contributed by atoms with Crippen molar-refractivity contribution in [1.29, 1.82) is 0 Å². The van der Waals surface area contributed by atoms with Gasteiger partial charge in [-0.15, -0.1) is 0 Å². The molecule has 0 aliphatic heterocycles. The van der Waals surface area contributed by atoms with E-state index in [1.165, 1.54) is 0 Å². The molecule has 20 heavy (non-hydrogen) atoms. The van der Waals surface area contributed by atoms with Gasteiger partial charge in [0, 0.05) is 10.0 Å². The van der Waals surface area contributed by atoms with E-state index in [0.717, 1.165) is 16.6 Å². The van der Waals surface area contributed by atoms with Crippen LogP contribution >= 0.6 is 23.2 Å². The van der Waals surface area contributed by atoms with Crippen molar-refractivity contribution in [3.05, 3.63) is 58.1 Å². The topological polar surface area (TPSA) is 53.1 Å². The molecule has 4 nitrogen and oxygen atoms in total. The third kappa shape index (κ3) is 2.92. The van der Waals surface area contributed by atoms with Gasteiger partial charge in [0.2, 0.25) is 5.95 Å². The van der Waals surface area contributed by atoms with E-state index in [1.54, 1.807) is 12.3 Å². The molecule has 0 spiro atoms. The molecule has 0 aliphatic rings. The number of H-pyrrole nitrogens is 1. The van der Waals surface area contributed by atoms with Gasteiger partial charge in [0.25, 0.3) is 0 Å². The van der Waals surface area contributed by atoms with Gasteiger partial charge < -0.3 is 4.98 Å². The van der Waals surface area contributed by atoms with Crippen LogP contribution in [0.4, 0.5) is 5.95 Å². The van der Waals surface area contributed by atoms with E-state index in [4.69, 9.17) is 23.2 Å². The second-order valence-electron chi connectivity index (χ2n) is 4.17. The highest BCUT2D eigenvalue weighted by Gasteiger charge is 2.01. The molecule has 100 valence electrons. The molecule has 0 saturated carbocycles. The van der Waals surface area contributed by atoms with Crippen molar-refractivity contribution >= 4 is 46.4 Å². The molecular weight excluding hydrogens is 295 g/mol. The summed E-state index contributed by atoms with van der Waals surface area (Å²) in [5.41, 5.74) is 5.48. The van der Waals surface area contributed by atoms with Gasteiger partial charge in [0.05, 0.1) is 17.2 Å². The van der Waals surface area contributed by atoms with E-state index in [9.17, 15) is 0 Å². The molecule has 0 atom stereocenters. The number of hydrogen-bond donors (Lipinski definition) is 2. The number of fused-ring (bicyclic) bond motifs is 1. The van der Waals surface area contributed by atoms with Crippen LogP contribution in [0.5, 0.6) is 0 Å². The van der Waals surface area contributed by atoms with Crippen molar-refractivity contribution in [1.82, 2.24) is 9.97 Å². The Morgan fingerprint density at radius 2 is 1.80 bits per heavy atom. The Labute approximate surface area is 125 Å². The molecular formula is C14H10Cl2N4. The molecule has 6 heteroatoms. The van der Waals surface area contributed by atoms with Gasteiger partial charge in [-0.3, -0.25) is 0 Å². The summed E-state index contributed by atoms with van der Waals surface area (Å²) < 4.78 is 0. The number of rotatable bonds is 3. The second kappa shape index (κ2) is 5.53. The first-order valence-electron chi connectivity index (χ1n) is 5.91. The zero-order valence-electron chi connectivity index (χ0n) is 10.3. The van der Waals surface area contributed by atoms with Crippen LogP contribution in [0, 0.1) is 0 Å². The van der Waals surface area contributed by atoms with Crippen LogP contribution in [-0.4, -0.2) is 16.2 Å². The van der Waals surface area contributed by atoms with Crippen molar-refractivity contribution in [2.24, 2.45) is 5.10 Å². The first-order chi connectivity index (χ1) is 9.70. The maximum atomic E-state index is 5.92. The SMILES string of the molecule is Clc1ccc(/C=N/Nc2nc3ccc(Cl)cc3[nH]2)cc1. The zero-order chi connectivity index (χ0) is 13.9. The van der Waals surface area contributed by atoms with E-state index in [1.807, 2.05) is 36.4 Å². The smallest absolute Gasteiger partial charge is 0.222 e. The van der Waals surface area contributed by atoms with E-state index < -0.39 is 0 Å². The van der Waals surface area contributed by atoms with Gasteiger partial charge in [-0.05, 0) is 35.9 Å². The van der Waals surface area contributed by atoms with Crippen molar-refractivity contribution in [3.8, 4) is 0 Å². The number of aromatic nitrogens is 2. The Morgan fingerprint density at radius 3 is 2.60 bits per heavy atom. The van der Waals surface area contributed by atoms with Crippen molar-refractivity contribution in [2.45, 2.75) is 0 Å². The zero-order valence-corrected chi connectivity index (χ0v) is 11.8. The fraction of sp³-hybridized carbons (Fsp3) is 0. The molecule has 0 aliphatic carbocycles. The molecule has 1 aromatic heterocycles. The number of nitrogens with one attached hydrogen (secondary N) is 2. The van der Waals surface area contributed by atoms with Crippen LogP contribution in [0.2, 0.25) is 10.0 Å². The van der Waals surface area contributed by atoms with E-state index >= 15 is 0 Å². The lowest BCUT2D eigenvalue weighted by molar-refractivity contribution is 1.21. The number of nitrogens with zero attached hydrogens (tertiary/aromatic N) is 2. The van der Waals surface area contributed by atoms with E-state index in [-0.39, 0.29) is 0 Å². The van der Waals surface area contributed by atoms with Gasteiger partial charge in [0.1, 0.15) is 0 Å². The molecule has 2 aromatic carbocycles. The fourth-order valence-electron chi connectivity index (χ4n) is 1.75. The largest absolute Gasteiger partial charge is 0.323 e. The molecule has 3 aromatic rings. The lowest BCUT2D eigenvalue weighted by Gasteiger charge is -1.94. The molecule has 0 unspecified atom stereocenters. The highest BCUT2D eigenvalue weighted by Crippen LogP contribution is 2.18. The Bertz CT molecular complexity index is 762. The average Bonchev–Trinajstić information content (AvgIpc) is 2.83. The van der Waals surface area contributed by atoms with Gasteiger partial charge in [-0.1, -0.05) is 35.3 Å². The molecule has 0 saturated heterocycles. The standard InChI is InChI=1S/C14H10Cl2N4/c15-10-3-1-9(2-4-10)8-17-20-14-18-12-6-5-11(16)7-13(12)19-14/h1-8H,(H2,18,19,20)/b17-8+. The molecule has 1 heterocycles. The molecule has 0 amide bonds. The average molecular weight is 305 g/mol. The summed E-state index contributed by atoms with van der Waals surface area (Å²) in [6.07, 6.45) is 1.69. The number of anilines is 1. The summed E-state index contributed by atoms with van der Waals surface area (Å²) in [7, 11) is 0. The lowest BCUT2D eigenvalue weighted by atomic mass is 10.2. The van der Waals surface area contributed by atoms with Crippen LogP contribution in [0.15, 0.2) is 47.6 Å². The van der Waals surface area contributed by atoms with Crippen molar-refractivity contribution in [3.63, 3.8) is 0 Å². The first kappa shape index (κ1) is 13.0. The predicted octanol–water partition coefficient (Wildman–Crippen LogP) is 4.32. The van der Waals surface area contributed by atoms with Gasteiger partial charge in [-0.2, -0.15) is 5.10 Å². The number of imidazole rings is 1. The maximum absolute atomic E-state index is 5.92. The van der Waals surface area contributed by atoms with Crippen LogP contribution in [0.3, 0.4) is 0 Å². The summed E-state index contributed by atoms with van der Waals surface area (Å²) in [4.78, 5) is 7.43. The summed E-state index contributed by atoms with van der Waals surface area (Å²) in [6, 6.07) is 12.8. The summed E-state index contributed by atoms with van der Waals surface area (Å²) in [6.45, 7) is 0. The molecule has 3 rings (SSSR count). The van der Waals surface area contributed by atoms with Crippen LogP contribution in [0.1, 0.15) is 5.56 Å². The highest BCUT2D eigenvalue weighted by atomic mass is 35.5. The van der Waals surface area contributed by atoms with Gasteiger partial charge in [0.15, 0.2) is 0 Å². The Morgan fingerprint density at radius 1 is 1.05 bits per heavy atom. The van der Waals surface area contributed by atoms with E-state index in [2.05, 4.69) is 20.5 Å². The molecule has 0 bridgehead atoms. The summed E-state index contributed by atoms with van der Waals surface area (Å²) in [5, 5.41) is 5.48. The summed E-state index contributed by atoms with van der Waals surface area (Å²) >= 11 is 11.7. The van der Waals surface area contributed by atoms with Crippen molar-refractivity contribution < 1.29 is 0 Å². The highest BCUT2D eigenvalue weighted by molar-refractivity contribution is 6.31. The van der Waals surface area contributed by atoms with Gasteiger partial charge in [-0.25, -0.2) is 10.4 Å². The van der Waals surface area contributed by atoms with E-state index in [0.29, 0.717) is 16.0 Å². The maximum Gasteiger partial charge on any atom is 0.222 e. The molecule has 0 fully saturated rings. The minimum absolute atomic E-state index is 0.562. The monoisotopic (exact) mass is 304 g/mol. The number of hydrazone groups is 1. The Hall–Kier alpha value is -2.04. The van der Waals surface area contributed by atoms with Crippen LogP contribution in [0.25, 0.3) is 11.0 Å². The number of aromatic amines is 1. The second-order valence-corrected chi connectivity index (χ2v) is 5.04. The third-order valence-electron chi connectivity index (χ3n) is 2.70. The number of benzene rings is 2. The minimum atomic E-state index is 0.562. The van der Waals surface area contributed by atoms with Gasteiger partial charge >= 0.3 is 0 Å². The third-order valence-corrected chi connectivity index (χ3v) is 3.19. The number of halogens is 2. The molecule has 0 radical (unpaired) electrons. The quantitative estimate of drug-likeness (QED) is 0.559. The van der Waals surface area contributed by atoms with Crippen LogP contribution < -0.4 is 5.43 Å². The Kier molecular flexibility index (Phi) is 3.58. The van der Waals surface area contributed by atoms with Crippen LogP contribution in [-0.2, 0) is 0 Å². The Balaban J connectivity index is 1.74.